The predicted octanol–water partition coefficient (Wildman–Crippen LogP) is 0.482. The van der Waals surface area contributed by atoms with Crippen molar-refractivity contribution in [2.45, 2.75) is 39.4 Å². The first-order valence-electron chi connectivity index (χ1n) is 6.12. The molecular formula is C11H21N5. The second-order valence-electron chi connectivity index (χ2n) is 4.35. The Morgan fingerprint density at radius 1 is 1.50 bits per heavy atom. The third-order valence-corrected chi connectivity index (χ3v) is 3.28. The van der Waals surface area contributed by atoms with Crippen molar-refractivity contribution < 1.29 is 0 Å². The minimum absolute atomic E-state index is 0.622. The van der Waals surface area contributed by atoms with Crippen molar-refractivity contribution >= 4 is 0 Å². The van der Waals surface area contributed by atoms with Gasteiger partial charge in [0.05, 0.1) is 6.54 Å². The molecule has 0 aliphatic carbocycles. The summed E-state index contributed by atoms with van der Waals surface area (Å²) in [5.41, 5.74) is 0. The van der Waals surface area contributed by atoms with Gasteiger partial charge in [-0.3, -0.25) is 4.90 Å². The van der Waals surface area contributed by atoms with Gasteiger partial charge in [-0.05, 0) is 26.8 Å². The van der Waals surface area contributed by atoms with E-state index in [0.717, 1.165) is 38.5 Å². The molecule has 90 valence electrons. The van der Waals surface area contributed by atoms with Crippen molar-refractivity contribution in [2.75, 3.05) is 19.6 Å². The molecule has 1 N–H and O–H groups in total. The van der Waals surface area contributed by atoms with Crippen LogP contribution in [0.3, 0.4) is 0 Å². The minimum Gasteiger partial charge on any atom is -0.315 e. The van der Waals surface area contributed by atoms with E-state index in [2.05, 4.69) is 34.1 Å². The normalized spacial score (nSPS) is 23.2. The van der Waals surface area contributed by atoms with E-state index in [4.69, 9.17) is 0 Å². The lowest BCUT2D eigenvalue weighted by molar-refractivity contribution is 0.202. The highest BCUT2D eigenvalue weighted by Crippen LogP contribution is 2.10. The molecule has 0 saturated carbocycles. The molecule has 1 atom stereocenters. The molecule has 0 spiro atoms. The molecule has 16 heavy (non-hydrogen) atoms. The lowest BCUT2D eigenvalue weighted by Crippen LogP contribution is -2.34. The van der Waals surface area contributed by atoms with Crippen LogP contribution < -0.4 is 5.32 Å². The Labute approximate surface area is 96.8 Å². The van der Waals surface area contributed by atoms with Crippen molar-refractivity contribution in [3.63, 3.8) is 0 Å². The van der Waals surface area contributed by atoms with Crippen molar-refractivity contribution in [2.24, 2.45) is 0 Å². The molecule has 0 amide bonds. The molecule has 5 nitrogen and oxygen atoms in total. The van der Waals surface area contributed by atoms with Gasteiger partial charge in [-0.1, -0.05) is 0 Å². The molecule has 1 aliphatic rings. The maximum absolute atomic E-state index is 4.34. The number of hydrogen-bond donors (Lipinski definition) is 1. The van der Waals surface area contributed by atoms with Crippen LogP contribution in [-0.4, -0.2) is 45.3 Å². The Balaban J connectivity index is 2.01. The van der Waals surface area contributed by atoms with E-state index in [-0.39, 0.29) is 0 Å². The number of aromatic nitrogens is 3. The zero-order valence-corrected chi connectivity index (χ0v) is 10.2. The van der Waals surface area contributed by atoms with Gasteiger partial charge >= 0.3 is 0 Å². The maximum Gasteiger partial charge on any atom is 0.141 e. The monoisotopic (exact) mass is 223 g/mol. The van der Waals surface area contributed by atoms with Crippen LogP contribution in [0.15, 0.2) is 6.33 Å². The van der Waals surface area contributed by atoms with E-state index in [0.29, 0.717) is 6.04 Å². The summed E-state index contributed by atoms with van der Waals surface area (Å²) in [6.07, 6.45) is 2.86. The Morgan fingerprint density at radius 2 is 2.38 bits per heavy atom. The summed E-state index contributed by atoms with van der Waals surface area (Å²) < 4.78 is 1.98. The van der Waals surface area contributed by atoms with E-state index < -0.39 is 0 Å². The first kappa shape index (κ1) is 11.5. The van der Waals surface area contributed by atoms with Gasteiger partial charge in [0.15, 0.2) is 0 Å². The number of nitrogens with one attached hydrogen (secondary N) is 1. The third-order valence-electron chi connectivity index (χ3n) is 3.28. The second-order valence-corrected chi connectivity index (χ2v) is 4.35. The average molecular weight is 223 g/mol. The molecule has 5 heteroatoms. The van der Waals surface area contributed by atoms with Gasteiger partial charge in [-0.15, -0.1) is 0 Å². The van der Waals surface area contributed by atoms with Crippen LogP contribution in [0.2, 0.25) is 0 Å². The molecule has 0 aromatic carbocycles. The van der Waals surface area contributed by atoms with E-state index >= 15 is 0 Å². The third kappa shape index (κ3) is 2.59. The van der Waals surface area contributed by atoms with Gasteiger partial charge in [0.2, 0.25) is 0 Å². The van der Waals surface area contributed by atoms with Crippen molar-refractivity contribution in [1.29, 1.82) is 0 Å². The number of aryl methyl sites for hydroxylation is 1. The topological polar surface area (TPSA) is 46.0 Å². The first-order valence-corrected chi connectivity index (χ1v) is 6.12. The molecule has 1 aromatic heterocycles. The maximum atomic E-state index is 4.34. The van der Waals surface area contributed by atoms with E-state index in [1.807, 2.05) is 4.68 Å². The Kier molecular flexibility index (Phi) is 3.90. The van der Waals surface area contributed by atoms with Crippen LogP contribution in [-0.2, 0) is 13.1 Å². The summed E-state index contributed by atoms with van der Waals surface area (Å²) in [6.45, 7) is 9.50. The zero-order chi connectivity index (χ0) is 11.4. The van der Waals surface area contributed by atoms with E-state index in [1.165, 1.54) is 6.42 Å². The number of rotatable bonds is 3. The van der Waals surface area contributed by atoms with E-state index in [1.54, 1.807) is 6.33 Å². The molecular weight excluding hydrogens is 202 g/mol. The molecule has 1 aliphatic heterocycles. The molecule has 2 rings (SSSR count). The van der Waals surface area contributed by atoms with Crippen LogP contribution in [0.25, 0.3) is 0 Å². The summed E-state index contributed by atoms with van der Waals surface area (Å²) in [5, 5.41) is 7.64. The van der Waals surface area contributed by atoms with Gasteiger partial charge in [0, 0.05) is 25.7 Å². The highest BCUT2D eigenvalue weighted by atomic mass is 15.3. The molecule has 1 unspecified atom stereocenters. The number of nitrogens with zero attached hydrogens (tertiary/aromatic N) is 4. The smallest absolute Gasteiger partial charge is 0.141 e. The second kappa shape index (κ2) is 5.41. The SMILES string of the molecule is CCn1ncnc1CN1CCNCCC1C. The Hall–Kier alpha value is -0.940. The summed E-state index contributed by atoms with van der Waals surface area (Å²) >= 11 is 0. The summed E-state index contributed by atoms with van der Waals surface area (Å²) in [6, 6.07) is 0.622. The molecule has 2 heterocycles. The average Bonchev–Trinajstić information content (AvgIpc) is 2.64. The standard InChI is InChI=1S/C11H21N5/c1-3-16-11(13-9-14-16)8-15-7-6-12-5-4-10(15)2/h9-10,12H,3-8H2,1-2H3. The highest BCUT2D eigenvalue weighted by Gasteiger charge is 2.18. The van der Waals surface area contributed by atoms with Gasteiger partial charge in [0.25, 0.3) is 0 Å². The van der Waals surface area contributed by atoms with Gasteiger partial charge in [0.1, 0.15) is 12.2 Å². The van der Waals surface area contributed by atoms with Gasteiger partial charge in [-0.2, -0.15) is 5.10 Å². The molecule has 1 fully saturated rings. The van der Waals surface area contributed by atoms with Crippen LogP contribution in [0.4, 0.5) is 0 Å². The summed E-state index contributed by atoms with van der Waals surface area (Å²) in [5.74, 6) is 1.08. The lowest BCUT2D eigenvalue weighted by Gasteiger charge is -2.25. The quantitative estimate of drug-likeness (QED) is 0.809. The van der Waals surface area contributed by atoms with Crippen molar-refractivity contribution in [1.82, 2.24) is 25.0 Å². The van der Waals surface area contributed by atoms with Crippen molar-refractivity contribution in [3.8, 4) is 0 Å². The fourth-order valence-electron chi connectivity index (χ4n) is 2.15. The largest absolute Gasteiger partial charge is 0.315 e. The lowest BCUT2D eigenvalue weighted by atomic mass is 10.2. The van der Waals surface area contributed by atoms with Crippen LogP contribution in [0, 0.1) is 0 Å². The minimum atomic E-state index is 0.622. The van der Waals surface area contributed by atoms with Gasteiger partial charge in [-0.25, -0.2) is 9.67 Å². The van der Waals surface area contributed by atoms with E-state index in [9.17, 15) is 0 Å². The molecule has 1 saturated heterocycles. The summed E-state index contributed by atoms with van der Waals surface area (Å²) in [7, 11) is 0. The summed E-state index contributed by atoms with van der Waals surface area (Å²) in [4.78, 5) is 6.82. The fourth-order valence-corrected chi connectivity index (χ4v) is 2.15. The first-order chi connectivity index (χ1) is 7.81. The predicted molar refractivity (Wildman–Crippen MR) is 63.1 cm³/mol. The number of hydrogen-bond acceptors (Lipinski definition) is 4. The highest BCUT2D eigenvalue weighted by molar-refractivity contribution is 4.87. The molecule has 0 radical (unpaired) electrons. The zero-order valence-electron chi connectivity index (χ0n) is 10.2. The van der Waals surface area contributed by atoms with Crippen LogP contribution >= 0.6 is 0 Å². The van der Waals surface area contributed by atoms with Gasteiger partial charge < -0.3 is 5.32 Å². The Bertz CT molecular complexity index is 322. The van der Waals surface area contributed by atoms with Crippen LogP contribution in [0.5, 0.6) is 0 Å². The van der Waals surface area contributed by atoms with Crippen molar-refractivity contribution in [3.05, 3.63) is 12.2 Å². The molecule has 0 bridgehead atoms. The van der Waals surface area contributed by atoms with Crippen LogP contribution in [0.1, 0.15) is 26.1 Å². The fraction of sp³-hybridized carbons (Fsp3) is 0.818. The Morgan fingerprint density at radius 3 is 3.19 bits per heavy atom. The molecule has 1 aromatic rings.